The molecule has 11 nitrogen and oxygen atoms in total. The predicted octanol–water partition coefficient (Wildman–Crippen LogP) is 0.396. The number of benzene rings is 1. The van der Waals surface area contributed by atoms with Crippen LogP contribution in [0.4, 0.5) is 0 Å². The molecule has 11 heteroatoms. The third-order valence-electron chi connectivity index (χ3n) is 4.25. The highest BCUT2D eigenvalue weighted by Gasteiger charge is 2.30. The van der Waals surface area contributed by atoms with Crippen molar-refractivity contribution in [3.8, 4) is 17.4 Å². The lowest BCUT2D eigenvalue weighted by atomic mass is 10.1. The summed E-state index contributed by atoms with van der Waals surface area (Å²) in [6, 6.07) is 6.58. The molecule has 1 amide bonds. The van der Waals surface area contributed by atoms with Crippen LogP contribution in [0.1, 0.15) is 33.2 Å². The van der Waals surface area contributed by atoms with E-state index in [-0.39, 0.29) is 13.2 Å². The summed E-state index contributed by atoms with van der Waals surface area (Å²) in [6.07, 6.45) is 0. The molecule has 31 heavy (non-hydrogen) atoms. The zero-order valence-electron chi connectivity index (χ0n) is 17.1. The third kappa shape index (κ3) is 4.94. The molecule has 0 saturated heterocycles. The minimum absolute atomic E-state index is 0.0807. The molecule has 1 aromatic heterocycles. The lowest BCUT2D eigenvalue weighted by molar-refractivity contribution is -0.141. The molecule has 0 unspecified atom stereocenters. The smallest absolute Gasteiger partial charge is 0.347 e. The topological polar surface area (TPSA) is 153 Å². The van der Waals surface area contributed by atoms with E-state index in [1.165, 1.54) is 7.11 Å². The average molecular weight is 434 g/mol. The number of hydrogen-bond acceptors (Lipinski definition) is 9. The second kappa shape index (κ2) is 10.1. The predicted molar refractivity (Wildman–Crippen MR) is 106 cm³/mol. The highest BCUT2D eigenvalue weighted by Crippen LogP contribution is 2.30. The first kappa shape index (κ1) is 23.3. The van der Waals surface area contributed by atoms with E-state index in [4.69, 9.17) is 4.74 Å². The molecular weight excluding hydrogens is 412 g/mol. The lowest BCUT2D eigenvalue weighted by Crippen LogP contribution is -2.37. The Hall–Kier alpha value is -4.02. The summed E-state index contributed by atoms with van der Waals surface area (Å²) in [5.41, 5.74) is -2.28. The number of nitrogens with one attached hydrogen (secondary N) is 1. The van der Waals surface area contributed by atoms with Crippen molar-refractivity contribution in [1.82, 2.24) is 9.88 Å². The number of hydrogen-bond donors (Lipinski definition) is 3. The van der Waals surface area contributed by atoms with Crippen LogP contribution in [0.5, 0.6) is 17.4 Å². The fourth-order valence-electron chi connectivity index (χ4n) is 2.80. The number of para-hydroxylation sites is 1. The first-order chi connectivity index (χ1) is 14.8. The zero-order chi connectivity index (χ0) is 23.1. The Bertz CT molecular complexity index is 1060. The fraction of sp³-hybridized carbons (Fsp3) is 0.300. The van der Waals surface area contributed by atoms with E-state index in [1.807, 2.05) is 0 Å². The number of aromatic hydroxyl groups is 2. The highest BCUT2D eigenvalue weighted by molar-refractivity contribution is 6.03. The Morgan fingerprint density at radius 1 is 1.10 bits per heavy atom. The SMILES string of the molecule is CCOC(=O)CNC(=O)c1c(O)c(C(=O)OC)c(O)n(Cc2ccccc2OC)c1=O. The van der Waals surface area contributed by atoms with Crippen LogP contribution in [0.3, 0.4) is 0 Å². The van der Waals surface area contributed by atoms with Crippen LogP contribution < -0.4 is 15.6 Å². The van der Waals surface area contributed by atoms with Crippen LogP contribution in [0, 0.1) is 0 Å². The Balaban J connectivity index is 2.61. The molecule has 3 N–H and O–H groups in total. The molecule has 0 fully saturated rings. The first-order valence-corrected chi connectivity index (χ1v) is 9.09. The monoisotopic (exact) mass is 434 g/mol. The number of esters is 2. The number of ether oxygens (including phenoxy) is 3. The van der Waals surface area contributed by atoms with Gasteiger partial charge in [-0.3, -0.25) is 19.0 Å². The maximum atomic E-state index is 13.0. The van der Waals surface area contributed by atoms with Crippen molar-refractivity contribution >= 4 is 17.8 Å². The number of carbonyl (C=O) groups is 3. The second-order valence-corrected chi connectivity index (χ2v) is 6.10. The van der Waals surface area contributed by atoms with Gasteiger partial charge in [0.25, 0.3) is 11.5 Å². The van der Waals surface area contributed by atoms with Crippen LogP contribution in [0.2, 0.25) is 0 Å². The molecule has 1 aromatic carbocycles. The normalized spacial score (nSPS) is 10.3. The van der Waals surface area contributed by atoms with Crippen molar-refractivity contribution in [1.29, 1.82) is 0 Å². The quantitative estimate of drug-likeness (QED) is 0.501. The summed E-state index contributed by atoms with van der Waals surface area (Å²) < 4.78 is 15.2. The maximum Gasteiger partial charge on any atom is 0.347 e. The van der Waals surface area contributed by atoms with Crippen LogP contribution in [-0.4, -0.2) is 60.0 Å². The van der Waals surface area contributed by atoms with Crippen LogP contribution >= 0.6 is 0 Å². The second-order valence-electron chi connectivity index (χ2n) is 6.10. The Morgan fingerprint density at radius 3 is 2.39 bits per heavy atom. The molecule has 0 atom stereocenters. The van der Waals surface area contributed by atoms with Crippen molar-refractivity contribution in [2.45, 2.75) is 13.5 Å². The van der Waals surface area contributed by atoms with Crippen LogP contribution in [-0.2, 0) is 20.8 Å². The van der Waals surface area contributed by atoms with Crippen LogP contribution in [0.25, 0.3) is 0 Å². The standard InChI is InChI=1S/C20H22N2O9/c1-4-31-13(23)9-21-17(25)14-16(24)15(20(28)30-3)19(27)22(18(14)26)10-11-7-5-6-8-12(11)29-2/h5-8,24,27H,4,9-10H2,1-3H3,(H,21,25). The molecule has 0 radical (unpaired) electrons. The van der Waals surface area contributed by atoms with Gasteiger partial charge >= 0.3 is 11.9 Å². The van der Waals surface area contributed by atoms with Crippen molar-refractivity contribution in [3.63, 3.8) is 0 Å². The highest BCUT2D eigenvalue weighted by atomic mass is 16.5. The van der Waals surface area contributed by atoms with Gasteiger partial charge in [0.1, 0.15) is 17.9 Å². The molecule has 166 valence electrons. The van der Waals surface area contributed by atoms with Gasteiger partial charge in [0.15, 0.2) is 11.3 Å². The van der Waals surface area contributed by atoms with Gasteiger partial charge in [-0.2, -0.15) is 0 Å². The summed E-state index contributed by atoms with van der Waals surface area (Å²) >= 11 is 0. The number of amides is 1. The summed E-state index contributed by atoms with van der Waals surface area (Å²) in [4.78, 5) is 49.1. The van der Waals surface area contributed by atoms with E-state index in [9.17, 15) is 29.4 Å². The third-order valence-corrected chi connectivity index (χ3v) is 4.25. The van der Waals surface area contributed by atoms with Gasteiger partial charge in [0.2, 0.25) is 5.88 Å². The Morgan fingerprint density at radius 2 is 1.77 bits per heavy atom. The van der Waals surface area contributed by atoms with Gasteiger partial charge in [0, 0.05) is 5.56 Å². The molecule has 2 aromatic rings. The van der Waals surface area contributed by atoms with Crippen LogP contribution in [0.15, 0.2) is 29.1 Å². The first-order valence-electron chi connectivity index (χ1n) is 9.09. The van der Waals surface area contributed by atoms with Crippen molar-refractivity contribution in [2.75, 3.05) is 27.4 Å². The van der Waals surface area contributed by atoms with E-state index in [2.05, 4.69) is 14.8 Å². The Labute approximate surface area is 176 Å². The van der Waals surface area contributed by atoms with E-state index < -0.39 is 52.7 Å². The van der Waals surface area contributed by atoms with Gasteiger partial charge < -0.3 is 29.7 Å². The number of aromatic nitrogens is 1. The van der Waals surface area contributed by atoms with Gasteiger partial charge in [-0.25, -0.2) is 4.79 Å². The largest absolute Gasteiger partial charge is 0.506 e. The van der Waals surface area contributed by atoms with E-state index >= 15 is 0 Å². The summed E-state index contributed by atoms with van der Waals surface area (Å²) in [5, 5.41) is 23.1. The molecule has 0 aliphatic heterocycles. The molecule has 0 saturated carbocycles. The zero-order valence-corrected chi connectivity index (χ0v) is 17.1. The number of carbonyl (C=O) groups excluding carboxylic acids is 3. The molecule has 0 aliphatic rings. The minimum Gasteiger partial charge on any atom is -0.506 e. The molecule has 2 rings (SSSR count). The van der Waals surface area contributed by atoms with E-state index in [0.717, 1.165) is 7.11 Å². The summed E-state index contributed by atoms with van der Waals surface area (Å²) in [5.74, 6) is -4.68. The lowest BCUT2D eigenvalue weighted by Gasteiger charge is -2.17. The molecule has 1 heterocycles. The maximum absolute atomic E-state index is 13.0. The summed E-state index contributed by atoms with van der Waals surface area (Å²) in [6.45, 7) is 0.783. The Kier molecular flexibility index (Phi) is 7.61. The minimum atomic E-state index is -1.18. The number of pyridine rings is 1. The van der Waals surface area contributed by atoms with E-state index in [1.54, 1.807) is 31.2 Å². The molecular formula is C20H22N2O9. The average Bonchev–Trinajstić information content (AvgIpc) is 2.75. The summed E-state index contributed by atoms with van der Waals surface area (Å²) in [7, 11) is 2.41. The molecule has 0 bridgehead atoms. The molecule has 0 aliphatic carbocycles. The number of rotatable bonds is 8. The fourth-order valence-corrected chi connectivity index (χ4v) is 2.80. The number of nitrogens with zero attached hydrogens (tertiary/aromatic N) is 1. The van der Waals surface area contributed by atoms with Crippen molar-refractivity contribution in [2.24, 2.45) is 0 Å². The number of methoxy groups -OCH3 is 2. The van der Waals surface area contributed by atoms with Crippen molar-refractivity contribution < 1.29 is 38.8 Å². The van der Waals surface area contributed by atoms with Gasteiger partial charge in [0.05, 0.1) is 27.4 Å². The van der Waals surface area contributed by atoms with Crippen molar-refractivity contribution in [3.05, 3.63) is 51.3 Å². The van der Waals surface area contributed by atoms with Gasteiger partial charge in [-0.1, -0.05) is 18.2 Å². The van der Waals surface area contributed by atoms with Gasteiger partial charge in [-0.05, 0) is 13.0 Å². The van der Waals surface area contributed by atoms with E-state index in [0.29, 0.717) is 15.9 Å². The molecule has 0 spiro atoms. The van der Waals surface area contributed by atoms with Gasteiger partial charge in [-0.15, -0.1) is 0 Å².